The van der Waals surface area contributed by atoms with E-state index in [2.05, 4.69) is 15.1 Å². The van der Waals surface area contributed by atoms with E-state index in [9.17, 15) is 0 Å². The number of thiazole rings is 1. The first-order valence-corrected chi connectivity index (χ1v) is 8.23. The van der Waals surface area contributed by atoms with E-state index in [1.807, 2.05) is 73.9 Å². The zero-order valence-electron chi connectivity index (χ0n) is 13.2. The van der Waals surface area contributed by atoms with Crippen LogP contribution in [0.25, 0.3) is 10.3 Å². The number of aromatic nitrogens is 4. The van der Waals surface area contributed by atoms with Gasteiger partial charge in [-0.1, -0.05) is 29.5 Å². The number of rotatable bonds is 4. The Hall–Kier alpha value is -2.93. The molecule has 24 heavy (non-hydrogen) atoms. The zero-order valence-corrected chi connectivity index (χ0v) is 14.1. The van der Waals surface area contributed by atoms with Crippen LogP contribution in [0.1, 0.15) is 0 Å². The Bertz CT molecular complexity index is 979. The van der Waals surface area contributed by atoms with Crippen molar-refractivity contribution in [2.75, 3.05) is 11.9 Å². The first-order chi connectivity index (χ1) is 11.7. The van der Waals surface area contributed by atoms with Crippen LogP contribution in [0.15, 0.2) is 54.9 Å². The first-order valence-electron chi connectivity index (χ1n) is 7.42. The van der Waals surface area contributed by atoms with E-state index in [-0.39, 0.29) is 0 Å². The molecule has 0 radical (unpaired) electrons. The standard InChI is InChI=1S/C17H15N5OS/c1-21-11-12(10-18-21)22(2)17-19-14-8-9-15(20-16(14)24-17)23-13-6-4-3-5-7-13/h3-11H,1-2H3. The minimum absolute atomic E-state index is 0.563. The molecule has 4 aromatic rings. The SMILES string of the molecule is CN(c1cnn(C)c1)c1nc2ccc(Oc3ccccc3)nc2s1. The van der Waals surface area contributed by atoms with E-state index in [1.165, 1.54) is 11.3 Å². The summed E-state index contributed by atoms with van der Waals surface area (Å²) in [6.07, 6.45) is 3.76. The van der Waals surface area contributed by atoms with Crippen molar-refractivity contribution >= 4 is 32.5 Å². The van der Waals surface area contributed by atoms with Crippen LogP contribution in [-0.4, -0.2) is 26.8 Å². The lowest BCUT2D eigenvalue weighted by atomic mass is 10.3. The maximum Gasteiger partial charge on any atom is 0.220 e. The van der Waals surface area contributed by atoms with Gasteiger partial charge in [0.2, 0.25) is 5.88 Å². The lowest BCUT2D eigenvalue weighted by Gasteiger charge is -2.11. The summed E-state index contributed by atoms with van der Waals surface area (Å²) in [4.78, 5) is 12.0. The van der Waals surface area contributed by atoms with Crippen molar-refractivity contribution in [1.29, 1.82) is 0 Å². The Morgan fingerprint density at radius 2 is 1.92 bits per heavy atom. The van der Waals surface area contributed by atoms with Gasteiger partial charge in [-0.05, 0) is 18.2 Å². The van der Waals surface area contributed by atoms with E-state index in [0.717, 1.165) is 26.9 Å². The molecule has 0 aliphatic carbocycles. The van der Waals surface area contributed by atoms with Gasteiger partial charge in [0.1, 0.15) is 16.1 Å². The fraction of sp³-hybridized carbons (Fsp3) is 0.118. The third-order valence-electron chi connectivity index (χ3n) is 3.55. The third kappa shape index (κ3) is 2.81. The predicted octanol–water partition coefficient (Wildman–Crippen LogP) is 3.99. The molecule has 0 fully saturated rings. The second-order valence-electron chi connectivity index (χ2n) is 5.32. The summed E-state index contributed by atoms with van der Waals surface area (Å²) in [6.45, 7) is 0. The Morgan fingerprint density at radius 3 is 2.67 bits per heavy atom. The minimum atomic E-state index is 0.563. The van der Waals surface area contributed by atoms with Gasteiger partial charge in [-0.25, -0.2) is 9.97 Å². The van der Waals surface area contributed by atoms with Crippen LogP contribution >= 0.6 is 11.3 Å². The minimum Gasteiger partial charge on any atom is -0.439 e. The van der Waals surface area contributed by atoms with E-state index < -0.39 is 0 Å². The number of fused-ring (bicyclic) bond motifs is 1. The Labute approximate surface area is 143 Å². The quantitative estimate of drug-likeness (QED) is 0.564. The van der Waals surface area contributed by atoms with Crippen LogP contribution in [-0.2, 0) is 7.05 Å². The molecule has 0 N–H and O–H groups in total. The molecule has 0 bridgehead atoms. The molecule has 120 valence electrons. The second kappa shape index (κ2) is 5.93. The topological polar surface area (TPSA) is 56.1 Å². The summed E-state index contributed by atoms with van der Waals surface area (Å²) in [5, 5.41) is 5.06. The number of benzene rings is 1. The van der Waals surface area contributed by atoms with Gasteiger partial charge < -0.3 is 9.64 Å². The van der Waals surface area contributed by atoms with Crippen molar-refractivity contribution < 1.29 is 4.74 Å². The fourth-order valence-electron chi connectivity index (χ4n) is 2.29. The van der Waals surface area contributed by atoms with Gasteiger partial charge in [0.25, 0.3) is 0 Å². The van der Waals surface area contributed by atoms with E-state index in [1.54, 1.807) is 4.68 Å². The molecule has 1 aromatic carbocycles. The van der Waals surface area contributed by atoms with Crippen LogP contribution in [0, 0.1) is 0 Å². The maximum atomic E-state index is 5.78. The molecule has 0 aliphatic heterocycles. The van der Waals surface area contributed by atoms with Crippen LogP contribution in [0.4, 0.5) is 10.8 Å². The predicted molar refractivity (Wildman–Crippen MR) is 95.2 cm³/mol. The van der Waals surface area contributed by atoms with Gasteiger partial charge in [0.05, 0.1) is 11.9 Å². The molecule has 0 amide bonds. The molecular formula is C17H15N5OS. The molecule has 6 nitrogen and oxygen atoms in total. The van der Waals surface area contributed by atoms with Gasteiger partial charge in [0.15, 0.2) is 5.13 Å². The summed E-state index contributed by atoms with van der Waals surface area (Å²) in [5.74, 6) is 1.33. The number of pyridine rings is 1. The number of ether oxygens (including phenoxy) is 1. The van der Waals surface area contributed by atoms with Crippen molar-refractivity contribution in [2.45, 2.75) is 0 Å². The average molecular weight is 337 g/mol. The number of aryl methyl sites for hydroxylation is 1. The van der Waals surface area contributed by atoms with Crippen LogP contribution in [0.2, 0.25) is 0 Å². The van der Waals surface area contributed by atoms with Gasteiger partial charge in [-0.2, -0.15) is 5.10 Å². The summed E-state index contributed by atoms with van der Waals surface area (Å²) in [5.41, 5.74) is 1.84. The lowest BCUT2D eigenvalue weighted by Crippen LogP contribution is -2.07. The summed E-state index contributed by atoms with van der Waals surface area (Å²) < 4.78 is 7.55. The van der Waals surface area contributed by atoms with Gasteiger partial charge in [0, 0.05) is 26.4 Å². The molecule has 0 atom stereocenters. The largest absolute Gasteiger partial charge is 0.439 e. The molecule has 3 aromatic heterocycles. The second-order valence-corrected chi connectivity index (χ2v) is 6.27. The van der Waals surface area contributed by atoms with Gasteiger partial charge >= 0.3 is 0 Å². The molecule has 0 saturated heterocycles. The number of hydrogen-bond donors (Lipinski definition) is 0. The molecule has 4 rings (SSSR count). The summed E-state index contributed by atoms with van der Waals surface area (Å²) in [6, 6.07) is 13.4. The molecular weight excluding hydrogens is 322 g/mol. The van der Waals surface area contributed by atoms with Crippen LogP contribution in [0.3, 0.4) is 0 Å². The van der Waals surface area contributed by atoms with Crippen LogP contribution in [0.5, 0.6) is 11.6 Å². The van der Waals surface area contributed by atoms with Crippen molar-refractivity contribution in [2.24, 2.45) is 7.05 Å². The zero-order chi connectivity index (χ0) is 16.5. The highest BCUT2D eigenvalue weighted by molar-refractivity contribution is 7.21. The molecule has 0 aliphatic rings. The summed E-state index contributed by atoms with van der Waals surface area (Å²) in [7, 11) is 3.86. The highest BCUT2D eigenvalue weighted by atomic mass is 32.1. The molecule has 0 spiro atoms. The Balaban J connectivity index is 1.63. The third-order valence-corrected chi connectivity index (χ3v) is 4.59. The van der Waals surface area contributed by atoms with Crippen LogP contribution < -0.4 is 9.64 Å². The number of hydrogen-bond acceptors (Lipinski definition) is 6. The maximum absolute atomic E-state index is 5.78. The summed E-state index contributed by atoms with van der Waals surface area (Å²) >= 11 is 1.52. The van der Waals surface area contributed by atoms with E-state index in [4.69, 9.17) is 4.74 Å². The number of nitrogens with zero attached hydrogens (tertiary/aromatic N) is 5. The normalized spacial score (nSPS) is 10.9. The highest BCUT2D eigenvalue weighted by Crippen LogP contribution is 2.32. The number of anilines is 2. The van der Waals surface area contributed by atoms with Gasteiger partial charge in [-0.3, -0.25) is 4.68 Å². The van der Waals surface area contributed by atoms with Crippen molar-refractivity contribution in [1.82, 2.24) is 19.7 Å². The highest BCUT2D eigenvalue weighted by Gasteiger charge is 2.13. The lowest BCUT2D eigenvalue weighted by molar-refractivity contribution is 0.465. The smallest absolute Gasteiger partial charge is 0.220 e. The molecule has 0 saturated carbocycles. The van der Waals surface area contributed by atoms with E-state index >= 15 is 0 Å². The molecule has 7 heteroatoms. The molecule has 3 heterocycles. The Kier molecular flexibility index (Phi) is 3.62. The van der Waals surface area contributed by atoms with Gasteiger partial charge in [-0.15, -0.1) is 0 Å². The van der Waals surface area contributed by atoms with Crippen molar-refractivity contribution in [3.8, 4) is 11.6 Å². The van der Waals surface area contributed by atoms with Crippen molar-refractivity contribution in [3.05, 3.63) is 54.9 Å². The average Bonchev–Trinajstić information content (AvgIpc) is 3.21. The Morgan fingerprint density at radius 1 is 1.08 bits per heavy atom. The molecule has 0 unspecified atom stereocenters. The number of para-hydroxylation sites is 1. The van der Waals surface area contributed by atoms with Crippen molar-refractivity contribution in [3.63, 3.8) is 0 Å². The first kappa shape index (κ1) is 14.6. The van der Waals surface area contributed by atoms with E-state index in [0.29, 0.717) is 5.88 Å². The fourth-order valence-corrected chi connectivity index (χ4v) is 3.20. The monoisotopic (exact) mass is 337 g/mol.